The molecule has 2 aliphatic rings. The fraction of sp³-hybridized carbons (Fsp3) is 0.706. The molecule has 1 saturated heterocycles. The number of amides is 2. The van der Waals surface area contributed by atoms with Crippen LogP contribution < -0.4 is 10.6 Å². The van der Waals surface area contributed by atoms with Crippen LogP contribution in [0.5, 0.6) is 0 Å². The largest absolute Gasteiger partial charge is 0.336 e. The zero-order valence-electron chi connectivity index (χ0n) is 13.2. The maximum Gasteiger partial charge on any atom is 0.315 e. The highest BCUT2D eigenvalue weighted by molar-refractivity contribution is 7.07. The van der Waals surface area contributed by atoms with Gasteiger partial charge in [-0.2, -0.15) is 11.3 Å². The van der Waals surface area contributed by atoms with E-state index < -0.39 is 0 Å². The zero-order chi connectivity index (χ0) is 15.2. The molecule has 0 aromatic carbocycles. The number of nitrogens with one attached hydrogen (secondary N) is 2. The van der Waals surface area contributed by atoms with Crippen LogP contribution in [0, 0.1) is 0 Å². The van der Waals surface area contributed by atoms with E-state index in [1.807, 2.05) is 0 Å². The molecule has 22 heavy (non-hydrogen) atoms. The van der Waals surface area contributed by atoms with Gasteiger partial charge in [0.2, 0.25) is 0 Å². The van der Waals surface area contributed by atoms with Crippen molar-refractivity contribution in [3.8, 4) is 0 Å². The summed E-state index contributed by atoms with van der Waals surface area (Å²) in [5, 5.41) is 10.6. The number of thiophene rings is 1. The van der Waals surface area contributed by atoms with Gasteiger partial charge < -0.3 is 10.6 Å². The molecule has 1 aromatic rings. The third-order valence-electron chi connectivity index (χ3n) is 4.91. The summed E-state index contributed by atoms with van der Waals surface area (Å²) in [7, 11) is 0. The van der Waals surface area contributed by atoms with E-state index in [1.54, 1.807) is 11.3 Å². The van der Waals surface area contributed by atoms with Crippen molar-refractivity contribution < 1.29 is 4.79 Å². The molecule has 122 valence electrons. The third kappa shape index (κ3) is 4.23. The molecule has 2 fully saturated rings. The highest BCUT2D eigenvalue weighted by atomic mass is 32.1. The Bertz CT molecular complexity index is 450. The van der Waals surface area contributed by atoms with Gasteiger partial charge in [-0.05, 0) is 61.2 Å². The SMILES string of the molecule is O=C(NCC(c1ccsc1)N1CCCC1)NC1CCCCC1. The number of carbonyl (C=O) groups excluding carboxylic acids is 1. The Morgan fingerprint density at radius 3 is 2.68 bits per heavy atom. The number of likely N-dealkylation sites (tertiary alicyclic amines) is 1. The van der Waals surface area contributed by atoms with E-state index in [9.17, 15) is 4.79 Å². The van der Waals surface area contributed by atoms with Crippen molar-refractivity contribution in [3.63, 3.8) is 0 Å². The minimum absolute atomic E-state index is 0.00586. The minimum Gasteiger partial charge on any atom is -0.336 e. The van der Waals surface area contributed by atoms with E-state index in [4.69, 9.17) is 0 Å². The molecule has 4 nitrogen and oxygen atoms in total. The summed E-state index contributed by atoms with van der Waals surface area (Å²) in [6, 6.07) is 2.89. The highest BCUT2D eigenvalue weighted by Gasteiger charge is 2.24. The molecule has 0 radical (unpaired) electrons. The Morgan fingerprint density at radius 1 is 1.23 bits per heavy atom. The van der Waals surface area contributed by atoms with Crippen LogP contribution in [0.3, 0.4) is 0 Å². The van der Waals surface area contributed by atoms with Crippen molar-refractivity contribution in [2.24, 2.45) is 0 Å². The Kier molecular flexibility index (Phi) is 5.73. The van der Waals surface area contributed by atoms with Gasteiger partial charge in [-0.25, -0.2) is 4.79 Å². The van der Waals surface area contributed by atoms with Crippen molar-refractivity contribution >= 4 is 17.4 Å². The summed E-state index contributed by atoms with van der Waals surface area (Å²) in [5.41, 5.74) is 1.34. The lowest BCUT2D eigenvalue weighted by Crippen LogP contribution is -2.45. The van der Waals surface area contributed by atoms with Crippen molar-refractivity contribution in [2.75, 3.05) is 19.6 Å². The van der Waals surface area contributed by atoms with E-state index in [0.717, 1.165) is 25.9 Å². The Morgan fingerprint density at radius 2 is 2.00 bits per heavy atom. The average Bonchev–Trinajstić information content (AvgIpc) is 3.22. The quantitative estimate of drug-likeness (QED) is 0.871. The fourth-order valence-corrected chi connectivity index (χ4v) is 4.36. The van der Waals surface area contributed by atoms with Crippen molar-refractivity contribution in [1.82, 2.24) is 15.5 Å². The maximum absolute atomic E-state index is 12.2. The van der Waals surface area contributed by atoms with Crippen LogP contribution in [-0.2, 0) is 0 Å². The normalized spacial score (nSPS) is 21.6. The molecular formula is C17H27N3OS. The van der Waals surface area contributed by atoms with Gasteiger partial charge in [0.05, 0.1) is 6.04 Å². The Labute approximate surface area is 137 Å². The van der Waals surface area contributed by atoms with Gasteiger partial charge in [0.1, 0.15) is 0 Å². The van der Waals surface area contributed by atoms with Crippen LogP contribution in [0.1, 0.15) is 56.6 Å². The molecule has 1 aromatic heterocycles. The number of hydrogen-bond acceptors (Lipinski definition) is 3. The number of hydrogen-bond donors (Lipinski definition) is 2. The molecule has 2 N–H and O–H groups in total. The van der Waals surface area contributed by atoms with Crippen LogP contribution in [0.2, 0.25) is 0 Å². The first-order valence-electron chi connectivity index (χ1n) is 8.63. The molecule has 1 unspecified atom stereocenters. The topological polar surface area (TPSA) is 44.4 Å². The van der Waals surface area contributed by atoms with Gasteiger partial charge in [-0.3, -0.25) is 4.90 Å². The maximum atomic E-state index is 12.2. The summed E-state index contributed by atoms with van der Waals surface area (Å²) in [5.74, 6) is 0. The molecule has 0 bridgehead atoms. The molecule has 2 amide bonds. The number of rotatable bonds is 5. The Balaban J connectivity index is 1.51. The second-order valence-corrected chi connectivity index (χ2v) is 7.28. The smallest absolute Gasteiger partial charge is 0.315 e. The van der Waals surface area contributed by atoms with Crippen LogP contribution in [0.25, 0.3) is 0 Å². The molecule has 1 atom stereocenters. The standard InChI is InChI=1S/C17H27N3OS/c21-17(19-15-6-2-1-3-7-15)18-12-16(14-8-11-22-13-14)20-9-4-5-10-20/h8,11,13,15-16H,1-7,9-10,12H2,(H2,18,19,21). The zero-order valence-corrected chi connectivity index (χ0v) is 14.0. The van der Waals surface area contributed by atoms with Crippen LogP contribution in [0.15, 0.2) is 16.8 Å². The lowest BCUT2D eigenvalue weighted by atomic mass is 9.96. The van der Waals surface area contributed by atoms with Crippen molar-refractivity contribution in [3.05, 3.63) is 22.4 Å². The summed E-state index contributed by atoms with van der Waals surface area (Å²) in [6.45, 7) is 2.99. The van der Waals surface area contributed by atoms with Gasteiger partial charge in [0.25, 0.3) is 0 Å². The lowest BCUT2D eigenvalue weighted by Gasteiger charge is -2.28. The first kappa shape index (κ1) is 15.8. The molecule has 1 aliphatic carbocycles. The molecular weight excluding hydrogens is 294 g/mol. The second kappa shape index (κ2) is 7.97. The van der Waals surface area contributed by atoms with Gasteiger partial charge >= 0.3 is 6.03 Å². The number of nitrogens with zero attached hydrogens (tertiary/aromatic N) is 1. The van der Waals surface area contributed by atoms with Crippen LogP contribution >= 0.6 is 11.3 Å². The third-order valence-corrected chi connectivity index (χ3v) is 5.61. The first-order valence-corrected chi connectivity index (χ1v) is 9.58. The van der Waals surface area contributed by atoms with Gasteiger partial charge in [-0.1, -0.05) is 19.3 Å². The lowest BCUT2D eigenvalue weighted by molar-refractivity contribution is 0.216. The molecule has 3 rings (SSSR count). The molecule has 1 aliphatic heterocycles. The van der Waals surface area contributed by atoms with E-state index in [0.29, 0.717) is 18.6 Å². The van der Waals surface area contributed by atoms with E-state index in [2.05, 4.69) is 32.4 Å². The first-order chi connectivity index (χ1) is 10.8. The van der Waals surface area contributed by atoms with Gasteiger partial charge in [-0.15, -0.1) is 0 Å². The summed E-state index contributed by atoms with van der Waals surface area (Å²) in [4.78, 5) is 14.7. The van der Waals surface area contributed by atoms with E-state index in [1.165, 1.54) is 37.7 Å². The highest BCUT2D eigenvalue weighted by Crippen LogP contribution is 2.26. The molecule has 5 heteroatoms. The van der Waals surface area contributed by atoms with E-state index >= 15 is 0 Å². The average molecular weight is 321 g/mol. The molecule has 2 heterocycles. The second-order valence-electron chi connectivity index (χ2n) is 6.50. The fourth-order valence-electron chi connectivity index (χ4n) is 3.65. The number of urea groups is 1. The van der Waals surface area contributed by atoms with Crippen molar-refractivity contribution in [1.29, 1.82) is 0 Å². The van der Waals surface area contributed by atoms with Crippen LogP contribution in [-0.4, -0.2) is 36.6 Å². The Hall–Kier alpha value is -1.07. The monoisotopic (exact) mass is 321 g/mol. The van der Waals surface area contributed by atoms with Gasteiger partial charge in [0.15, 0.2) is 0 Å². The summed E-state index contributed by atoms with van der Waals surface area (Å²) < 4.78 is 0. The van der Waals surface area contributed by atoms with Gasteiger partial charge in [0, 0.05) is 12.6 Å². The number of carbonyl (C=O) groups is 1. The van der Waals surface area contributed by atoms with E-state index in [-0.39, 0.29) is 6.03 Å². The molecule has 1 saturated carbocycles. The molecule has 0 spiro atoms. The summed E-state index contributed by atoms with van der Waals surface area (Å²) in [6.07, 6.45) is 8.62. The predicted molar refractivity (Wildman–Crippen MR) is 91.3 cm³/mol. The minimum atomic E-state index is 0.00586. The van der Waals surface area contributed by atoms with Crippen molar-refractivity contribution in [2.45, 2.75) is 57.0 Å². The van der Waals surface area contributed by atoms with Crippen LogP contribution in [0.4, 0.5) is 4.79 Å². The summed E-state index contributed by atoms with van der Waals surface area (Å²) >= 11 is 1.73. The predicted octanol–water partition coefficient (Wildman–Crippen LogP) is 3.52.